The smallest absolute Gasteiger partial charge is 0.318 e. The molecule has 2 bridgehead atoms. The maximum atomic E-state index is 12.9. The Bertz CT molecular complexity index is 753. The Hall–Kier alpha value is -1.66. The van der Waals surface area contributed by atoms with Crippen molar-refractivity contribution in [2.24, 2.45) is 17.3 Å². The van der Waals surface area contributed by atoms with E-state index >= 15 is 0 Å². The van der Waals surface area contributed by atoms with Crippen LogP contribution >= 0.6 is 0 Å². The molecule has 0 spiro atoms. The Kier molecular flexibility index (Phi) is 3.55. The lowest BCUT2D eigenvalue weighted by molar-refractivity contribution is -0.267. The highest BCUT2D eigenvalue weighted by molar-refractivity contribution is 6.00. The fourth-order valence-corrected chi connectivity index (χ4v) is 5.03. The Labute approximate surface area is 153 Å². The summed E-state index contributed by atoms with van der Waals surface area (Å²) in [4.78, 5) is 25.5. The molecule has 0 aromatic rings. The number of hydrogen-bond donors (Lipinski definition) is 1. The van der Waals surface area contributed by atoms with Crippen LogP contribution in [0.2, 0.25) is 0 Å². The number of hydrogen-bond acceptors (Lipinski definition) is 6. The first-order valence-corrected chi connectivity index (χ1v) is 9.32. The van der Waals surface area contributed by atoms with E-state index in [1.807, 2.05) is 26.8 Å². The van der Waals surface area contributed by atoms with Gasteiger partial charge in [0.1, 0.15) is 17.3 Å². The lowest BCUT2D eigenvalue weighted by Crippen LogP contribution is -2.53. The molecule has 4 heterocycles. The summed E-state index contributed by atoms with van der Waals surface area (Å²) < 4.78 is 17.8. The average Bonchev–Trinajstić information content (AvgIpc) is 3.09. The molecule has 4 aliphatic rings. The summed E-state index contributed by atoms with van der Waals surface area (Å²) in [7, 11) is 0. The van der Waals surface area contributed by atoms with Gasteiger partial charge in [0, 0.05) is 24.3 Å². The number of ether oxygens (including phenoxy) is 3. The first kappa shape index (κ1) is 17.7. The van der Waals surface area contributed by atoms with E-state index in [9.17, 15) is 14.7 Å². The molecule has 2 saturated heterocycles. The Morgan fingerprint density at radius 2 is 2.04 bits per heavy atom. The van der Waals surface area contributed by atoms with Gasteiger partial charge >= 0.3 is 5.97 Å². The number of allylic oxidation sites excluding steroid dienone is 1. The van der Waals surface area contributed by atoms with Crippen molar-refractivity contribution in [2.45, 2.75) is 71.1 Å². The minimum atomic E-state index is -1.64. The number of rotatable bonds is 2. The summed E-state index contributed by atoms with van der Waals surface area (Å²) in [6.45, 7) is 9.13. The topological polar surface area (TPSA) is 82.1 Å². The second-order valence-corrected chi connectivity index (χ2v) is 8.52. The molecule has 0 saturated carbocycles. The molecule has 6 heteroatoms. The Balaban J connectivity index is 1.87. The van der Waals surface area contributed by atoms with Gasteiger partial charge in [-0.15, -0.1) is 0 Å². The third-order valence-corrected chi connectivity index (χ3v) is 6.96. The van der Waals surface area contributed by atoms with Gasteiger partial charge in [-0.25, -0.2) is 0 Å². The molecule has 0 radical (unpaired) electrons. The van der Waals surface area contributed by atoms with Crippen LogP contribution < -0.4 is 0 Å². The normalized spacial score (nSPS) is 49.8. The van der Waals surface area contributed by atoms with Crippen molar-refractivity contribution in [2.75, 3.05) is 0 Å². The van der Waals surface area contributed by atoms with Crippen LogP contribution in [-0.2, 0) is 23.8 Å². The highest BCUT2D eigenvalue weighted by Gasteiger charge is 2.75. The molecule has 4 aliphatic heterocycles. The van der Waals surface area contributed by atoms with E-state index in [1.54, 1.807) is 13.8 Å². The van der Waals surface area contributed by atoms with E-state index in [1.165, 1.54) is 6.08 Å². The van der Waals surface area contributed by atoms with Crippen LogP contribution in [-0.4, -0.2) is 40.5 Å². The largest absolute Gasteiger partial charge is 0.479 e. The van der Waals surface area contributed by atoms with E-state index in [2.05, 4.69) is 0 Å². The van der Waals surface area contributed by atoms with Crippen molar-refractivity contribution >= 4 is 11.8 Å². The summed E-state index contributed by atoms with van der Waals surface area (Å²) >= 11 is 0. The van der Waals surface area contributed by atoms with Crippen LogP contribution in [0.4, 0.5) is 0 Å². The summed E-state index contributed by atoms with van der Waals surface area (Å²) in [5, 5.41) is 11.5. The van der Waals surface area contributed by atoms with E-state index < -0.39 is 35.0 Å². The maximum Gasteiger partial charge on any atom is 0.318 e. The number of aliphatic hydroxyl groups is 1. The molecule has 4 rings (SSSR count). The molecule has 0 aliphatic carbocycles. The molecule has 6 nitrogen and oxygen atoms in total. The number of carbonyl (C=O) groups is 2. The molecule has 142 valence electrons. The van der Waals surface area contributed by atoms with Gasteiger partial charge in [-0.2, -0.15) is 0 Å². The van der Waals surface area contributed by atoms with Crippen molar-refractivity contribution in [1.29, 1.82) is 0 Å². The van der Waals surface area contributed by atoms with Crippen molar-refractivity contribution in [3.8, 4) is 0 Å². The molecule has 7 atom stereocenters. The fourth-order valence-electron chi connectivity index (χ4n) is 5.03. The summed E-state index contributed by atoms with van der Waals surface area (Å²) in [6.07, 6.45) is 3.19. The minimum Gasteiger partial charge on any atom is -0.479 e. The summed E-state index contributed by atoms with van der Waals surface area (Å²) in [5.74, 6) is -2.33. The fraction of sp³-hybridized carbons (Fsp3) is 0.700. The second kappa shape index (κ2) is 5.20. The Morgan fingerprint density at radius 1 is 1.35 bits per heavy atom. The molecule has 0 aromatic carbocycles. The van der Waals surface area contributed by atoms with E-state index in [-0.39, 0.29) is 24.0 Å². The van der Waals surface area contributed by atoms with Gasteiger partial charge in [-0.05, 0) is 38.8 Å². The van der Waals surface area contributed by atoms with Crippen LogP contribution in [0, 0.1) is 17.3 Å². The maximum absolute atomic E-state index is 12.9. The third kappa shape index (κ3) is 1.94. The van der Waals surface area contributed by atoms with E-state index in [0.717, 1.165) is 5.57 Å². The standard InChI is InChI=1S/C20H26O6/c1-6-11(3)20(23)19(5)16-13(24-17(19)22)7-10(2)12-8-15(21)18(4,25-12)9-14(16)26-20/h7-8,11,13-14,16,23H,6,9H2,1-5H3/b10-7-/t11-,13+,14+,16+,18-,19-,20-/m1/s1. The summed E-state index contributed by atoms with van der Waals surface area (Å²) in [5.41, 5.74) is -1.49. The monoisotopic (exact) mass is 362 g/mol. The second-order valence-electron chi connectivity index (χ2n) is 8.52. The molecule has 0 amide bonds. The SMILES string of the molecule is CC[C@@H](C)[C@@]1(O)O[C@H]2C[C@@]3(C)OC(=CC3=O)/C(C)=C\[C@@H]3OC(=O)[C@@]1(C)[C@@H]32. The third-order valence-electron chi connectivity index (χ3n) is 6.96. The lowest BCUT2D eigenvalue weighted by atomic mass is 9.66. The minimum absolute atomic E-state index is 0.117. The molecular weight excluding hydrogens is 336 g/mol. The molecule has 2 fully saturated rings. The van der Waals surface area contributed by atoms with Gasteiger partial charge in [0.25, 0.3) is 0 Å². The zero-order valence-corrected chi connectivity index (χ0v) is 15.9. The first-order valence-electron chi connectivity index (χ1n) is 9.32. The predicted octanol–water partition coefficient (Wildman–Crippen LogP) is 2.26. The van der Waals surface area contributed by atoms with Gasteiger partial charge < -0.3 is 19.3 Å². The van der Waals surface area contributed by atoms with Crippen molar-refractivity contribution in [3.63, 3.8) is 0 Å². The first-order chi connectivity index (χ1) is 12.1. The molecule has 0 unspecified atom stereocenters. The van der Waals surface area contributed by atoms with Crippen molar-refractivity contribution in [1.82, 2.24) is 0 Å². The van der Waals surface area contributed by atoms with Crippen LogP contribution in [0.1, 0.15) is 47.5 Å². The Morgan fingerprint density at radius 3 is 2.69 bits per heavy atom. The van der Waals surface area contributed by atoms with Gasteiger partial charge in [0.05, 0.1) is 6.10 Å². The highest BCUT2D eigenvalue weighted by atomic mass is 16.7. The molecule has 1 N–H and O–H groups in total. The van der Waals surface area contributed by atoms with Crippen molar-refractivity contribution < 1.29 is 28.9 Å². The van der Waals surface area contributed by atoms with Gasteiger partial charge in [-0.3, -0.25) is 9.59 Å². The number of ketones is 1. The van der Waals surface area contributed by atoms with Crippen LogP contribution in [0.25, 0.3) is 0 Å². The van der Waals surface area contributed by atoms with Crippen LogP contribution in [0.15, 0.2) is 23.5 Å². The van der Waals surface area contributed by atoms with Crippen molar-refractivity contribution in [3.05, 3.63) is 23.5 Å². The highest BCUT2D eigenvalue weighted by Crippen LogP contribution is 2.61. The van der Waals surface area contributed by atoms with Gasteiger partial charge in [0.15, 0.2) is 11.4 Å². The molecule has 26 heavy (non-hydrogen) atoms. The molecular formula is C20H26O6. The summed E-state index contributed by atoms with van der Waals surface area (Å²) in [6, 6.07) is 0. The number of carbonyl (C=O) groups excluding carboxylic acids is 2. The zero-order chi connectivity index (χ0) is 19.1. The van der Waals surface area contributed by atoms with Gasteiger partial charge in [0.2, 0.25) is 5.78 Å². The number of fused-ring (bicyclic) bond motifs is 2. The van der Waals surface area contributed by atoms with Crippen LogP contribution in [0.5, 0.6) is 0 Å². The number of esters is 1. The van der Waals surface area contributed by atoms with E-state index in [4.69, 9.17) is 14.2 Å². The van der Waals surface area contributed by atoms with Crippen LogP contribution in [0.3, 0.4) is 0 Å². The van der Waals surface area contributed by atoms with Gasteiger partial charge in [-0.1, -0.05) is 13.8 Å². The average molecular weight is 362 g/mol. The lowest BCUT2D eigenvalue weighted by Gasteiger charge is -2.38. The quantitative estimate of drug-likeness (QED) is 0.759. The predicted molar refractivity (Wildman–Crippen MR) is 91.7 cm³/mol. The zero-order valence-electron chi connectivity index (χ0n) is 15.9. The van der Waals surface area contributed by atoms with E-state index in [0.29, 0.717) is 12.2 Å². The molecule has 0 aromatic heterocycles.